The molecule has 0 aliphatic carbocycles. The highest BCUT2D eigenvalue weighted by Gasteiger charge is 2.24. The van der Waals surface area contributed by atoms with E-state index < -0.39 is 0 Å². The lowest BCUT2D eigenvalue weighted by Gasteiger charge is -2.05. The van der Waals surface area contributed by atoms with E-state index in [2.05, 4.69) is 28.1 Å². The predicted molar refractivity (Wildman–Crippen MR) is 61.8 cm³/mol. The van der Waals surface area contributed by atoms with Crippen molar-refractivity contribution in [2.24, 2.45) is 5.92 Å². The van der Waals surface area contributed by atoms with Crippen molar-refractivity contribution < 1.29 is 9.53 Å². The van der Waals surface area contributed by atoms with Gasteiger partial charge in [0.2, 0.25) is 0 Å². The molecule has 2 nitrogen and oxygen atoms in total. The Hall–Kier alpha value is -0.670. The molecule has 80 valence electrons. The van der Waals surface area contributed by atoms with Crippen LogP contribution < -0.4 is 0 Å². The molecule has 1 aliphatic rings. The molecular formula is C12H13BrO2. The first-order chi connectivity index (χ1) is 7.25. The average Bonchev–Trinajstić information content (AvgIpc) is 2.63. The molecule has 1 aliphatic heterocycles. The Bertz CT molecular complexity index is 345. The maximum atomic E-state index is 11.3. The fourth-order valence-corrected chi connectivity index (χ4v) is 2.01. The topological polar surface area (TPSA) is 26.3 Å². The van der Waals surface area contributed by atoms with E-state index in [4.69, 9.17) is 4.74 Å². The number of ketones is 1. The third kappa shape index (κ3) is 2.89. The highest BCUT2D eigenvalue weighted by molar-refractivity contribution is 9.10. The Morgan fingerprint density at radius 2 is 2.07 bits per heavy atom. The minimum atomic E-state index is 0.119. The number of ether oxygens (including phenoxy) is 1. The van der Waals surface area contributed by atoms with Crippen molar-refractivity contribution in [2.75, 3.05) is 13.2 Å². The number of carbonyl (C=O) groups excluding carboxylic acids is 1. The first kappa shape index (κ1) is 10.8. The zero-order valence-corrected chi connectivity index (χ0v) is 10.00. The van der Waals surface area contributed by atoms with E-state index >= 15 is 0 Å². The van der Waals surface area contributed by atoms with Crippen LogP contribution in [-0.2, 0) is 16.0 Å². The molecule has 1 aromatic carbocycles. The molecular weight excluding hydrogens is 256 g/mol. The van der Waals surface area contributed by atoms with Gasteiger partial charge in [0, 0.05) is 10.4 Å². The number of benzene rings is 1. The minimum absolute atomic E-state index is 0.119. The van der Waals surface area contributed by atoms with Crippen LogP contribution in [-0.4, -0.2) is 19.0 Å². The van der Waals surface area contributed by atoms with Crippen LogP contribution in [0.15, 0.2) is 28.7 Å². The summed E-state index contributed by atoms with van der Waals surface area (Å²) in [5.74, 6) is 0.376. The summed E-state index contributed by atoms with van der Waals surface area (Å²) in [6.07, 6.45) is 1.85. The summed E-state index contributed by atoms with van der Waals surface area (Å²) in [7, 11) is 0. The number of aryl methyl sites for hydroxylation is 1. The number of rotatable bonds is 3. The van der Waals surface area contributed by atoms with Crippen LogP contribution in [0.1, 0.15) is 12.0 Å². The largest absolute Gasteiger partial charge is 0.373 e. The molecule has 0 aromatic heterocycles. The van der Waals surface area contributed by atoms with Crippen LogP contribution >= 0.6 is 15.9 Å². The summed E-state index contributed by atoms with van der Waals surface area (Å²) in [6, 6.07) is 8.24. The van der Waals surface area contributed by atoms with Crippen molar-refractivity contribution in [3.63, 3.8) is 0 Å². The SMILES string of the molecule is O=C1COCC1CCc1ccc(Br)cc1. The lowest BCUT2D eigenvalue weighted by molar-refractivity contribution is -0.120. The highest BCUT2D eigenvalue weighted by Crippen LogP contribution is 2.17. The van der Waals surface area contributed by atoms with Crippen molar-refractivity contribution in [2.45, 2.75) is 12.8 Å². The van der Waals surface area contributed by atoms with E-state index in [1.54, 1.807) is 0 Å². The Balaban J connectivity index is 1.87. The molecule has 15 heavy (non-hydrogen) atoms. The van der Waals surface area contributed by atoms with Crippen molar-refractivity contribution >= 4 is 21.7 Å². The molecule has 0 spiro atoms. The zero-order chi connectivity index (χ0) is 10.7. The van der Waals surface area contributed by atoms with Gasteiger partial charge in [-0.15, -0.1) is 0 Å². The monoisotopic (exact) mass is 268 g/mol. The third-order valence-electron chi connectivity index (χ3n) is 2.71. The minimum Gasteiger partial charge on any atom is -0.373 e. The van der Waals surface area contributed by atoms with E-state index in [1.807, 2.05) is 12.1 Å². The van der Waals surface area contributed by atoms with Gasteiger partial charge in [0.1, 0.15) is 6.61 Å². The number of halogens is 1. The van der Waals surface area contributed by atoms with E-state index in [0.717, 1.165) is 17.3 Å². The normalized spacial score (nSPS) is 20.9. The number of hydrogen-bond donors (Lipinski definition) is 0. The van der Waals surface area contributed by atoms with Crippen molar-refractivity contribution in [3.05, 3.63) is 34.3 Å². The molecule has 0 N–H and O–H groups in total. The van der Waals surface area contributed by atoms with Crippen molar-refractivity contribution in [1.82, 2.24) is 0 Å². The fourth-order valence-electron chi connectivity index (χ4n) is 1.75. The highest BCUT2D eigenvalue weighted by atomic mass is 79.9. The maximum absolute atomic E-state index is 11.3. The van der Waals surface area contributed by atoms with Gasteiger partial charge in [-0.05, 0) is 30.5 Å². The van der Waals surface area contributed by atoms with Crippen LogP contribution in [0.2, 0.25) is 0 Å². The predicted octanol–water partition coefficient (Wildman–Crippen LogP) is 2.60. The summed E-state index contributed by atoms with van der Waals surface area (Å²) in [4.78, 5) is 11.3. The molecule has 0 amide bonds. The van der Waals surface area contributed by atoms with E-state index in [0.29, 0.717) is 13.2 Å². The second-order valence-electron chi connectivity index (χ2n) is 3.84. The van der Waals surface area contributed by atoms with Crippen molar-refractivity contribution in [3.8, 4) is 0 Å². The van der Waals surface area contributed by atoms with E-state index in [9.17, 15) is 4.79 Å². The smallest absolute Gasteiger partial charge is 0.163 e. The molecule has 1 saturated heterocycles. The number of hydrogen-bond acceptors (Lipinski definition) is 2. The lowest BCUT2D eigenvalue weighted by Crippen LogP contribution is -2.11. The molecule has 0 radical (unpaired) electrons. The summed E-state index contributed by atoms with van der Waals surface area (Å²) < 4.78 is 6.21. The molecule has 1 fully saturated rings. The van der Waals surface area contributed by atoms with Gasteiger partial charge in [-0.1, -0.05) is 28.1 Å². The van der Waals surface area contributed by atoms with Gasteiger partial charge in [-0.2, -0.15) is 0 Å². The Morgan fingerprint density at radius 1 is 1.33 bits per heavy atom. The van der Waals surface area contributed by atoms with Gasteiger partial charge in [-0.25, -0.2) is 0 Å². The Kier molecular flexibility index (Phi) is 3.54. The second kappa shape index (κ2) is 4.90. The number of Topliss-reactive ketones (excluding diaryl/α,β-unsaturated/α-hetero) is 1. The Labute approximate surface area is 97.8 Å². The summed E-state index contributed by atoms with van der Waals surface area (Å²) >= 11 is 3.40. The zero-order valence-electron chi connectivity index (χ0n) is 8.41. The van der Waals surface area contributed by atoms with Gasteiger partial charge in [0.25, 0.3) is 0 Å². The standard InChI is InChI=1S/C12H13BrO2/c13-11-5-2-9(3-6-11)1-4-10-7-15-8-12(10)14/h2-3,5-6,10H,1,4,7-8H2. The molecule has 1 unspecified atom stereocenters. The van der Waals surface area contributed by atoms with Gasteiger partial charge in [0.05, 0.1) is 6.61 Å². The van der Waals surface area contributed by atoms with E-state index in [1.165, 1.54) is 5.56 Å². The van der Waals surface area contributed by atoms with Gasteiger partial charge in [0.15, 0.2) is 5.78 Å². The van der Waals surface area contributed by atoms with Gasteiger partial charge >= 0.3 is 0 Å². The fraction of sp³-hybridized carbons (Fsp3) is 0.417. The Morgan fingerprint density at radius 3 is 2.67 bits per heavy atom. The molecule has 0 saturated carbocycles. The first-order valence-corrected chi connectivity index (χ1v) is 5.90. The molecule has 3 heteroatoms. The summed E-state index contributed by atoms with van der Waals surface area (Å²) in [5, 5.41) is 0. The van der Waals surface area contributed by atoms with Crippen LogP contribution in [0.5, 0.6) is 0 Å². The van der Waals surface area contributed by atoms with E-state index in [-0.39, 0.29) is 11.7 Å². The first-order valence-electron chi connectivity index (χ1n) is 5.10. The van der Waals surface area contributed by atoms with Crippen LogP contribution in [0.4, 0.5) is 0 Å². The lowest BCUT2D eigenvalue weighted by atomic mass is 9.98. The van der Waals surface area contributed by atoms with Crippen LogP contribution in [0.3, 0.4) is 0 Å². The summed E-state index contributed by atoms with van der Waals surface area (Å²) in [5.41, 5.74) is 1.28. The third-order valence-corrected chi connectivity index (χ3v) is 3.24. The summed E-state index contributed by atoms with van der Waals surface area (Å²) in [6.45, 7) is 0.917. The molecule has 1 aromatic rings. The second-order valence-corrected chi connectivity index (χ2v) is 4.76. The molecule has 1 heterocycles. The average molecular weight is 269 g/mol. The number of carbonyl (C=O) groups is 1. The molecule has 0 bridgehead atoms. The molecule has 2 rings (SSSR count). The quantitative estimate of drug-likeness (QED) is 0.843. The van der Waals surface area contributed by atoms with Crippen molar-refractivity contribution in [1.29, 1.82) is 0 Å². The van der Waals surface area contributed by atoms with Gasteiger partial charge < -0.3 is 4.74 Å². The maximum Gasteiger partial charge on any atom is 0.163 e. The van der Waals surface area contributed by atoms with Gasteiger partial charge in [-0.3, -0.25) is 4.79 Å². The van der Waals surface area contributed by atoms with Crippen LogP contribution in [0.25, 0.3) is 0 Å². The molecule has 1 atom stereocenters. The van der Waals surface area contributed by atoms with Crippen LogP contribution in [0, 0.1) is 5.92 Å².